The minimum Gasteiger partial charge on any atom is -0.454 e. The zero-order valence-electron chi connectivity index (χ0n) is 16.4. The van der Waals surface area contributed by atoms with E-state index in [4.69, 9.17) is 9.47 Å². The summed E-state index contributed by atoms with van der Waals surface area (Å²) in [5.41, 5.74) is 3.56. The molecule has 0 aliphatic carbocycles. The largest absolute Gasteiger partial charge is 0.454 e. The van der Waals surface area contributed by atoms with E-state index >= 15 is 0 Å². The predicted octanol–water partition coefficient (Wildman–Crippen LogP) is 2.68. The van der Waals surface area contributed by atoms with Crippen LogP contribution in [0.1, 0.15) is 29.7 Å². The van der Waals surface area contributed by atoms with Gasteiger partial charge >= 0.3 is 0 Å². The average Bonchev–Trinajstić information content (AvgIpc) is 3.06. The monoisotopic (exact) mass is 404 g/mol. The minimum atomic E-state index is -3.67. The van der Waals surface area contributed by atoms with Gasteiger partial charge in [0.15, 0.2) is 11.5 Å². The minimum absolute atomic E-state index is 0.0889. The van der Waals surface area contributed by atoms with Gasteiger partial charge in [-0.25, -0.2) is 8.42 Å². The van der Waals surface area contributed by atoms with Crippen molar-refractivity contribution in [2.24, 2.45) is 0 Å². The van der Waals surface area contributed by atoms with Crippen molar-refractivity contribution in [3.05, 3.63) is 53.1 Å². The molecule has 0 bridgehead atoms. The zero-order chi connectivity index (χ0) is 20.5. The quantitative estimate of drug-likeness (QED) is 0.800. The van der Waals surface area contributed by atoms with Crippen molar-refractivity contribution >= 4 is 21.6 Å². The summed E-state index contributed by atoms with van der Waals surface area (Å²) in [6, 6.07) is 10.5. The molecular weight excluding hydrogens is 380 g/mol. The van der Waals surface area contributed by atoms with Gasteiger partial charge in [-0.15, -0.1) is 0 Å². The van der Waals surface area contributed by atoms with Crippen LogP contribution >= 0.6 is 0 Å². The van der Waals surface area contributed by atoms with Crippen molar-refractivity contribution in [1.29, 1.82) is 0 Å². The number of fused-ring (bicyclic) bond motifs is 1. The van der Waals surface area contributed by atoms with Gasteiger partial charge in [0.2, 0.25) is 22.7 Å². The van der Waals surface area contributed by atoms with Crippen molar-refractivity contribution in [2.75, 3.05) is 23.9 Å². The van der Waals surface area contributed by atoms with E-state index in [1.165, 1.54) is 0 Å². The Hall–Kier alpha value is -2.74. The van der Waals surface area contributed by atoms with Gasteiger partial charge in [-0.1, -0.05) is 23.8 Å². The Morgan fingerprint density at radius 2 is 1.86 bits per heavy atom. The number of anilines is 1. The lowest BCUT2D eigenvalue weighted by molar-refractivity contribution is -0.120. The van der Waals surface area contributed by atoms with E-state index in [0.717, 1.165) is 27.3 Å². The number of hydrogen-bond donors (Lipinski definition) is 1. The summed E-state index contributed by atoms with van der Waals surface area (Å²) in [5, 5.41) is 2.88. The molecule has 150 valence electrons. The fourth-order valence-corrected chi connectivity index (χ4v) is 4.10. The molecule has 0 aromatic heterocycles. The molecule has 8 heteroatoms. The van der Waals surface area contributed by atoms with Gasteiger partial charge in [0, 0.05) is 6.07 Å². The highest BCUT2D eigenvalue weighted by molar-refractivity contribution is 7.92. The van der Waals surface area contributed by atoms with Crippen LogP contribution in [0.25, 0.3) is 0 Å². The summed E-state index contributed by atoms with van der Waals surface area (Å²) in [5.74, 6) is 0.607. The molecule has 1 atom stereocenters. The van der Waals surface area contributed by atoms with Gasteiger partial charge in [0.25, 0.3) is 0 Å². The third kappa shape index (κ3) is 4.39. The molecule has 0 unspecified atom stereocenters. The molecule has 1 aliphatic rings. The molecule has 0 radical (unpaired) electrons. The second-order valence-electron chi connectivity index (χ2n) is 6.96. The van der Waals surface area contributed by atoms with Crippen LogP contribution in [0.2, 0.25) is 0 Å². The lowest BCUT2D eigenvalue weighted by Crippen LogP contribution is -2.41. The maximum absolute atomic E-state index is 12.6. The van der Waals surface area contributed by atoms with Crippen LogP contribution < -0.4 is 19.1 Å². The van der Waals surface area contributed by atoms with Crippen LogP contribution in [0.3, 0.4) is 0 Å². The highest BCUT2D eigenvalue weighted by Crippen LogP contribution is 2.36. The molecule has 2 aromatic rings. The zero-order valence-corrected chi connectivity index (χ0v) is 17.2. The molecule has 0 saturated carbocycles. The maximum atomic E-state index is 12.6. The Bertz CT molecular complexity index is 1000. The number of ether oxygens (including phenoxy) is 2. The number of benzene rings is 2. The molecule has 0 spiro atoms. The Morgan fingerprint density at radius 3 is 2.54 bits per heavy atom. The SMILES string of the molecule is Cc1ccc([C@H](C)NC(=O)CN(c2ccc3c(c2)OCO3)S(C)(=O)=O)c(C)c1. The van der Waals surface area contributed by atoms with E-state index in [-0.39, 0.29) is 19.4 Å². The van der Waals surface area contributed by atoms with E-state index in [1.807, 2.05) is 39.0 Å². The number of carbonyl (C=O) groups is 1. The maximum Gasteiger partial charge on any atom is 0.241 e. The molecule has 2 aromatic carbocycles. The summed E-state index contributed by atoms with van der Waals surface area (Å²) in [4.78, 5) is 12.6. The molecule has 0 fully saturated rings. The number of amides is 1. The van der Waals surface area contributed by atoms with Crippen LogP contribution in [0.15, 0.2) is 36.4 Å². The number of carbonyl (C=O) groups excluding carboxylic acids is 1. The first-order valence-corrected chi connectivity index (χ1v) is 10.7. The average molecular weight is 404 g/mol. The number of nitrogens with zero attached hydrogens (tertiary/aromatic N) is 1. The number of nitrogens with one attached hydrogen (secondary N) is 1. The van der Waals surface area contributed by atoms with E-state index in [9.17, 15) is 13.2 Å². The first kappa shape index (κ1) is 20.0. The third-order valence-electron chi connectivity index (χ3n) is 4.60. The molecular formula is C20H24N2O5S. The Morgan fingerprint density at radius 1 is 1.14 bits per heavy atom. The van der Waals surface area contributed by atoms with Gasteiger partial charge in [0.1, 0.15) is 6.54 Å². The third-order valence-corrected chi connectivity index (χ3v) is 5.74. The van der Waals surface area contributed by atoms with Gasteiger partial charge < -0.3 is 14.8 Å². The van der Waals surface area contributed by atoms with Crippen molar-refractivity contribution < 1.29 is 22.7 Å². The van der Waals surface area contributed by atoms with Crippen LogP contribution in [0, 0.1) is 13.8 Å². The Labute approximate surface area is 165 Å². The fourth-order valence-electron chi connectivity index (χ4n) is 3.25. The molecule has 7 nitrogen and oxygen atoms in total. The summed E-state index contributed by atoms with van der Waals surface area (Å²) in [7, 11) is -3.67. The van der Waals surface area contributed by atoms with E-state index in [2.05, 4.69) is 5.32 Å². The summed E-state index contributed by atoms with van der Waals surface area (Å²) >= 11 is 0. The Kier molecular flexibility index (Phi) is 5.51. The van der Waals surface area contributed by atoms with Gasteiger partial charge in [0.05, 0.1) is 18.0 Å². The molecule has 1 amide bonds. The standard InChI is InChI=1S/C20H24N2O5S/c1-13-5-7-17(14(2)9-13)15(3)21-20(23)11-22(28(4,24)25)16-6-8-18-19(10-16)27-12-26-18/h5-10,15H,11-12H2,1-4H3,(H,21,23)/t15-/m0/s1. The van der Waals surface area contributed by atoms with Crippen LogP contribution in [-0.4, -0.2) is 33.9 Å². The molecule has 1 aliphatic heterocycles. The lowest BCUT2D eigenvalue weighted by atomic mass is 10.0. The molecule has 1 N–H and O–H groups in total. The van der Waals surface area contributed by atoms with Crippen LogP contribution in [0.4, 0.5) is 5.69 Å². The number of hydrogen-bond acceptors (Lipinski definition) is 5. The molecule has 28 heavy (non-hydrogen) atoms. The van der Waals surface area contributed by atoms with E-state index in [1.54, 1.807) is 18.2 Å². The molecule has 0 saturated heterocycles. The topological polar surface area (TPSA) is 84.9 Å². The van der Waals surface area contributed by atoms with Crippen molar-refractivity contribution in [1.82, 2.24) is 5.32 Å². The predicted molar refractivity (Wildman–Crippen MR) is 107 cm³/mol. The second-order valence-corrected chi connectivity index (χ2v) is 8.86. The number of rotatable bonds is 6. The van der Waals surface area contributed by atoms with E-state index < -0.39 is 15.9 Å². The smallest absolute Gasteiger partial charge is 0.241 e. The summed E-state index contributed by atoms with van der Waals surface area (Å²) in [6.45, 7) is 5.63. The highest BCUT2D eigenvalue weighted by Gasteiger charge is 2.24. The normalized spacial score (nSPS) is 13.9. The first-order valence-electron chi connectivity index (χ1n) is 8.89. The van der Waals surface area contributed by atoms with Gasteiger partial charge in [-0.05, 0) is 44.0 Å². The number of sulfonamides is 1. The van der Waals surface area contributed by atoms with Crippen LogP contribution in [0.5, 0.6) is 11.5 Å². The summed E-state index contributed by atoms with van der Waals surface area (Å²) in [6.07, 6.45) is 1.07. The van der Waals surface area contributed by atoms with Crippen molar-refractivity contribution in [3.63, 3.8) is 0 Å². The first-order chi connectivity index (χ1) is 13.1. The van der Waals surface area contributed by atoms with Crippen molar-refractivity contribution in [2.45, 2.75) is 26.8 Å². The van der Waals surface area contributed by atoms with Crippen LogP contribution in [-0.2, 0) is 14.8 Å². The van der Waals surface area contributed by atoms with Gasteiger partial charge in [-0.3, -0.25) is 9.10 Å². The van der Waals surface area contributed by atoms with E-state index in [0.29, 0.717) is 17.2 Å². The number of aryl methyl sites for hydroxylation is 2. The second kappa shape index (κ2) is 7.71. The molecule has 1 heterocycles. The Balaban J connectivity index is 1.77. The highest BCUT2D eigenvalue weighted by atomic mass is 32.2. The lowest BCUT2D eigenvalue weighted by Gasteiger charge is -2.24. The molecule has 3 rings (SSSR count). The van der Waals surface area contributed by atoms with Gasteiger partial charge in [-0.2, -0.15) is 0 Å². The summed E-state index contributed by atoms with van der Waals surface area (Å²) < 4.78 is 36.2. The van der Waals surface area contributed by atoms with Crippen molar-refractivity contribution in [3.8, 4) is 11.5 Å². The fraction of sp³-hybridized carbons (Fsp3) is 0.350.